The van der Waals surface area contributed by atoms with Crippen molar-refractivity contribution >= 4 is 41.2 Å². The zero-order valence-corrected chi connectivity index (χ0v) is 21.1. The lowest BCUT2D eigenvalue weighted by molar-refractivity contribution is 0.198. The molecule has 3 aromatic rings. The Bertz CT molecular complexity index is 1050. The van der Waals surface area contributed by atoms with E-state index in [-0.39, 0.29) is 0 Å². The molecular formula is C26H32N4OS2. The molecule has 0 spiro atoms. The summed E-state index contributed by atoms with van der Waals surface area (Å²) in [5.74, 6) is 0.722. The first-order valence-electron chi connectivity index (χ1n) is 11.0. The highest BCUT2D eigenvalue weighted by atomic mass is 32.2. The number of nitrogens with one attached hydrogen (secondary N) is 1. The van der Waals surface area contributed by atoms with E-state index >= 15 is 0 Å². The first-order valence-corrected chi connectivity index (χ1v) is 12.8. The molecule has 7 heteroatoms. The second-order valence-electron chi connectivity index (χ2n) is 7.96. The Morgan fingerprint density at radius 3 is 2.58 bits per heavy atom. The lowest BCUT2D eigenvalue weighted by atomic mass is 10.1. The van der Waals surface area contributed by atoms with E-state index < -0.39 is 6.10 Å². The Morgan fingerprint density at radius 2 is 1.94 bits per heavy atom. The van der Waals surface area contributed by atoms with Gasteiger partial charge in [-0.25, -0.2) is 4.98 Å². The molecule has 3 rings (SSSR count). The Balaban J connectivity index is 1.44. The van der Waals surface area contributed by atoms with Crippen LogP contribution < -0.4 is 5.32 Å². The topological polar surface area (TPSA) is 60.8 Å². The second kappa shape index (κ2) is 12.7. The molecule has 2 N–H and O–H groups in total. The molecule has 0 bridgehead atoms. The van der Waals surface area contributed by atoms with E-state index in [1.54, 1.807) is 18.7 Å². The Hall–Kier alpha value is -2.45. The van der Waals surface area contributed by atoms with Crippen molar-refractivity contribution < 1.29 is 5.11 Å². The average molecular weight is 481 g/mol. The number of aromatic nitrogens is 1. The number of aliphatic imine (C=N–C) groups is 1. The van der Waals surface area contributed by atoms with Crippen LogP contribution in [-0.2, 0) is 13.0 Å². The lowest BCUT2D eigenvalue weighted by Crippen LogP contribution is -2.20. The number of thiazole rings is 1. The average Bonchev–Trinajstić information content (AvgIpc) is 3.21. The summed E-state index contributed by atoms with van der Waals surface area (Å²) in [5.41, 5.74) is 5.43. The molecule has 0 radical (unpaired) electrons. The lowest BCUT2D eigenvalue weighted by Gasteiger charge is -2.16. The minimum atomic E-state index is -0.574. The van der Waals surface area contributed by atoms with Crippen molar-refractivity contribution in [2.24, 2.45) is 4.99 Å². The summed E-state index contributed by atoms with van der Waals surface area (Å²) in [6.07, 6.45) is 0.452. The van der Waals surface area contributed by atoms with E-state index in [2.05, 4.69) is 88.6 Å². The fraction of sp³-hybridized carbons (Fsp3) is 0.308. The molecule has 0 fully saturated rings. The van der Waals surface area contributed by atoms with Crippen molar-refractivity contribution in [3.63, 3.8) is 0 Å². The van der Waals surface area contributed by atoms with Gasteiger partial charge in [-0.2, -0.15) is 0 Å². The number of rotatable bonds is 12. The minimum absolute atomic E-state index is 0.574. The van der Waals surface area contributed by atoms with Crippen molar-refractivity contribution in [3.05, 3.63) is 86.7 Å². The van der Waals surface area contributed by atoms with Gasteiger partial charge in [0.15, 0.2) is 0 Å². The molecule has 1 unspecified atom stereocenters. The summed E-state index contributed by atoms with van der Waals surface area (Å²) in [4.78, 5) is 11.9. The third-order valence-corrected chi connectivity index (χ3v) is 7.21. The summed E-state index contributed by atoms with van der Waals surface area (Å²) < 4.78 is 0. The molecule has 1 atom stereocenters. The third-order valence-electron chi connectivity index (χ3n) is 5.16. The molecular weight excluding hydrogens is 448 g/mol. The first-order chi connectivity index (χ1) is 16.0. The Labute approximate surface area is 205 Å². The maximum absolute atomic E-state index is 9.76. The molecule has 0 amide bonds. The largest absolute Gasteiger partial charge is 0.386 e. The van der Waals surface area contributed by atoms with Gasteiger partial charge in [0, 0.05) is 18.8 Å². The maximum atomic E-state index is 9.76. The summed E-state index contributed by atoms with van der Waals surface area (Å²) >= 11 is 3.09. The normalized spacial score (nSPS) is 12.7. The van der Waals surface area contributed by atoms with E-state index in [9.17, 15) is 5.11 Å². The third kappa shape index (κ3) is 7.82. The molecule has 174 valence electrons. The van der Waals surface area contributed by atoms with Crippen LogP contribution in [0.5, 0.6) is 0 Å². The number of hydrogen-bond acceptors (Lipinski definition) is 7. The molecule has 1 aromatic heterocycles. The predicted octanol–water partition coefficient (Wildman–Crippen LogP) is 5.98. The number of aryl methyl sites for hydroxylation is 1. The Kier molecular flexibility index (Phi) is 9.69. The highest BCUT2D eigenvalue weighted by Crippen LogP contribution is 2.31. The molecule has 0 aliphatic rings. The molecule has 2 aromatic carbocycles. The van der Waals surface area contributed by atoms with Crippen LogP contribution in [0.3, 0.4) is 0 Å². The van der Waals surface area contributed by atoms with Gasteiger partial charge in [0.2, 0.25) is 0 Å². The predicted molar refractivity (Wildman–Crippen MR) is 144 cm³/mol. The number of anilines is 1. The number of benzene rings is 2. The monoisotopic (exact) mass is 480 g/mol. The number of nitrogens with zero attached hydrogens (tertiary/aromatic N) is 3. The van der Waals surface area contributed by atoms with Crippen molar-refractivity contribution in [3.8, 4) is 0 Å². The first kappa shape index (κ1) is 25.2. The van der Waals surface area contributed by atoms with E-state index in [1.165, 1.54) is 22.5 Å². The van der Waals surface area contributed by atoms with Gasteiger partial charge in [-0.1, -0.05) is 42.5 Å². The molecule has 0 aliphatic carbocycles. The molecule has 0 saturated carbocycles. The van der Waals surface area contributed by atoms with Gasteiger partial charge in [-0.05, 0) is 62.7 Å². The zero-order chi connectivity index (χ0) is 23.6. The van der Waals surface area contributed by atoms with Crippen LogP contribution in [0.25, 0.3) is 5.70 Å². The van der Waals surface area contributed by atoms with E-state index in [4.69, 9.17) is 0 Å². The smallest absolute Gasteiger partial charge is 0.122 e. The number of likely N-dealkylation sites (N-methyl/N-ethyl adjacent to an activating group) is 1. The van der Waals surface area contributed by atoms with Gasteiger partial charge >= 0.3 is 0 Å². The van der Waals surface area contributed by atoms with Gasteiger partial charge in [-0.15, -0.1) is 23.1 Å². The highest BCUT2D eigenvalue weighted by Gasteiger charge is 2.14. The van der Waals surface area contributed by atoms with Gasteiger partial charge in [-0.3, -0.25) is 4.99 Å². The van der Waals surface area contributed by atoms with Crippen molar-refractivity contribution in [2.75, 3.05) is 24.8 Å². The highest BCUT2D eigenvalue weighted by molar-refractivity contribution is 8.02. The fourth-order valence-electron chi connectivity index (χ4n) is 3.33. The van der Waals surface area contributed by atoms with Crippen molar-refractivity contribution in [1.82, 2.24) is 9.88 Å². The van der Waals surface area contributed by atoms with Crippen molar-refractivity contribution in [2.45, 2.75) is 32.9 Å². The van der Waals surface area contributed by atoms with Crippen LogP contribution in [0.1, 0.15) is 39.7 Å². The molecule has 5 nitrogen and oxygen atoms in total. The van der Waals surface area contributed by atoms with Crippen LogP contribution in [-0.4, -0.2) is 41.2 Å². The molecule has 0 saturated heterocycles. The van der Waals surface area contributed by atoms with E-state index in [0.29, 0.717) is 5.01 Å². The van der Waals surface area contributed by atoms with Gasteiger partial charge in [0.1, 0.15) is 11.1 Å². The standard InChI is InChI=1S/C26H32N4OS2/c1-19-25(33-26(29-19)20(2)31)24(27-3)17-32-18-28-23-12-10-21(11-13-23)14-15-30(4)16-22-8-6-5-7-9-22/h5-13,17,20,28,31H,3,14-16,18H2,1-2,4H3/b24-17-. The number of thioether (sulfide) groups is 1. The van der Waals surface area contributed by atoms with Crippen LogP contribution in [0, 0.1) is 6.92 Å². The Morgan fingerprint density at radius 1 is 1.21 bits per heavy atom. The van der Waals surface area contributed by atoms with Crippen LogP contribution >= 0.6 is 23.1 Å². The van der Waals surface area contributed by atoms with Crippen LogP contribution in [0.15, 0.2) is 65.0 Å². The van der Waals surface area contributed by atoms with Crippen LogP contribution in [0.2, 0.25) is 0 Å². The quantitative estimate of drug-likeness (QED) is 0.190. The van der Waals surface area contributed by atoms with E-state index in [1.807, 2.05) is 12.3 Å². The van der Waals surface area contributed by atoms with Gasteiger partial charge in [0.25, 0.3) is 0 Å². The molecule has 33 heavy (non-hydrogen) atoms. The SMILES string of the molecule is C=N/C(=C\SCNc1ccc(CCN(C)Cc2ccccc2)cc1)c1sc(C(C)O)nc1C. The van der Waals surface area contributed by atoms with E-state index in [0.717, 1.165) is 47.3 Å². The molecule has 0 aliphatic heterocycles. The number of hydrogen-bond donors (Lipinski definition) is 2. The summed E-state index contributed by atoms with van der Waals surface area (Å²) in [6, 6.07) is 19.2. The van der Waals surface area contributed by atoms with Crippen LogP contribution in [0.4, 0.5) is 5.69 Å². The maximum Gasteiger partial charge on any atom is 0.122 e. The number of aliphatic hydroxyl groups is 1. The van der Waals surface area contributed by atoms with Gasteiger partial charge < -0.3 is 15.3 Å². The van der Waals surface area contributed by atoms with Gasteiger partial charge in [0.05, 0.1) is 22.1 Å². The minimum Gasteiger partial charge on any atom is -0.386 e. The van der Waals surface area contributed by atoms with Crippen molar-refractivity contribution in [1.29, 1.82) is 0 Å². The fourth-order valence-corrected chi connectivity index (χ4v) is 5.07. The zero-order valence-electron chi connectivity index (χ0n) is 19.5. The number of aliphatic hydroxyl groups excluding tert-OH is 1. The summed E-state index contributed by atoms with van der Waals surface area (Å²) in [6.45, 7) is 9.33. The summed E-state index contributed by atoms with van der Waals surface area (Å²) in [7, 11) is 2.17. The second-order valence-corrected chi connectivity index (χ2v) is 9.85. The molecule has 1 heterocycles. The summed E-state index contributed by atoms with van der Waals surface area (Å²) in [5, 5.41) is 15.9.